The Kier molecular flexibility index (Phi) is 5.36. The Labute approximate surface area is 134 Å². The van der Waals surface area contributed by atoms with Gasteiger partial charge in [0.25, 0.3) is 5.91 Å². The lowest BCUT2D eigenvalue weighted by Crippen LogP contribution is -2.40. The Morgan fingerprint density at radius 1 is 1.35 bits per heavy atom. The standard InChI is InChI=1S/C16H21N3O4/c1-16(23,7-2-8-20)10-17-15(22)14-9-13(18-19-14)11-3-5-12(21)6-4-11/h3-6,9,20-21,23H,2,7-8,10H2,1H3,(H,17,22)(H,18,19)/t16-/m0/s1. The van der Waals surface area contributed by atoms with Gasteiger partial charge in [-0.25, -0.2) is 0 Å². The molecule has 2 rings (SSSR count). The van der Waals surface area contributed by atoms with E-state index in [9.17, 15) is 15.0 Å². The van der Waals surface area contributed by atoms with Gasteiger partial charge in [-0.05, 0) is 50.1 Å². The van der Waals surface area contributed by atoms with Crippen molar-refractivity contribution in [3.63, 3.8) is 0 Å². The number of nitrogens with zero attached hydrogens (tertiary/aromatic N) is 1. The molecule has 2 aromatic rings. The van der Waals surface area contributed by atoms with Gasteiger partial charge in [-0.15, -0.1) is 0 Å². The average molecular weight is 319 g/mol. The molecular formula is C16H21N3O4. The minimum absolute atomic E-state index is 0.000630. The Hall–Kier alpha value is -2.38. The van der Waals surface area contributed by atoms with E-state index < -0.39 is 5.60 Å². The Balaban J connectivity index is 1.97. The molecule has 0 unspecified atom stereocenters. The molecule has 124 valence electrons. The second kappa shape index (κ2) is 7.26. The Morgan fingerprint density at radius 2 is 2.04 bits per heavy atom. The van der Waals surface area contributed by atoms with Crippen LogP contribution in [0.1, 0.15) is 30.3 Å². The number of nitrogens with one attached hydrogen (secondary N) is 2. The van der Waals surface area contributed by atoms with E-state index in [2.05, 4.69) is 15.5 Å². The van der Waals surface area contributed by atoms with Crippen LogP contribution >= 0.6 is 0 Å². The number of hydrogen-bond donors (Lipinski definition) is 5. The summed E-state index contributed by atoms with van der Waals surface area (Å²) in [6.45, 7) is 1.69. The molecule has 0 aliphatic heterocycles. The first kappa shape index (κ1) is 17.0. The molecule has 1 amide bonds. The van der Waals surface area contributed by atoms with E-state index in [4.69, 9.17) is 5.11 Å². The summed E-state index contributed by atoms with van der Waals surface area (Å²) in [5.74, 6) is -0.209. The molecule has 1 heterocycles. The van der Waals surface area contributed by atoms with Crippen LogP contribution in [0, 0.1) is 0 Å². The van der Waals surface area contributed by atoms with E-state index in [1.807, 2.05) is 0 Å². The lowest BCUT2D eigenvalue weighted by atomic mass is 10.0. The predicted molar refractivity (Wildman–Crippen MR) is 85.0 cm³/mol. The highest BCUT2D eigenvalue weighted by Crippen LogP contribution is 2.20. The first-order valence-electron chi connectivity index (χ1n) is 7.37. The molecule has 0 saturated carbocycles. The molecule has 23 heavy (non-hydrogen) atoms. The molecule has 0 aliphatic rings. The van der Waals surface area contributed by atoms with Crippen molar-refractivity contribution in [1.29, 1.82) is 0 Å². The average Bonchev–Trinajstić information content (AvgIpc) is 3.01. The third kappa shape index (κ3) is 4.80. The maximum atomic E-state index is 12.1. The normalized spacial score (nSPS) is 13.5. The van der Waals surface area contributed by atoms with Crippen LogP contribution in [0.2, 0.25) is 0 Å². The summed E-state index contributed by atoms with van der Waals surface area (Å²) >= 11 is 0. The van der Waals surface area contributed by atoms with Crippen molar-refractivity contribution >= 4 is 5.91 Å². The second-order valence-corrected chi connectivity index (χ2v) is 5.72. The van der Waals surface area contributed by atoms with Crippen molar-refractivity contribution in [1.82, 2.24) is 15.5 Å². The van der Waals surface area contributed by atoms with Gasteiger partial charge in [-0.2, -0.15) is 5.10 Å². The summed E-state index contributed by atoms with van der Waals surface area (Å²) in [4.78, 5) is 12.1. The van der Waals surface area contributed by atoms with E-state index in [1.165, 1.54) is 0 Å². The molecule has 1 aromatic heterocycles. The molecule has 1 atom stereocenters. The van der Waals surface area contributed by atoms with E-state index in [0.717, 1.165) is 5.56 Å². The third-order valence-corrected chi connectivity index (χ3v) is 3.49. The van der Waals surface area contributed by atoms with Crippen LogP contribution in [0.5, 0.6) is 5.75 Å². The van der Waals surface area contributed by atoms with E-state index in [0.29, 0.717) is 18.5 Å². The number of amides is 1. The van der Waals surface area contributed by atoms with E-state index in [-0.39, 0.29) is 30.5 Å². The third-order valence-electron chi connectivity index (χ3n) is 3.49. The number of phenolic OH excluding ortho intramolecular Hbond substituents is 1. The molecule has 1 aromatic carbocycles. The molecule has 0 bridgehead atoms. The van der Waals surface area contributed by atoms with Gasteiger partial charge in [-0.1, -0.05) is 0 Å². The first-order valence-corrected chi connectivity index (χ1v) is 7.37. The predicted octanol–water partition coefficient (Wildman–Crippen LogP) is 1.04. The van der Waals surface area contributed by atoms with Gasteiger partial charge in [0, 0.05) is 18.7 Å². The Morgan fingerprint density at radius 3 is 2.70 bits per heavy atom. The van der Waals surface area contributed by atoms with Crippen LogP contribution in [0.4, 0.5) is 0 Å². The number of aliphatic hydroxyl groups excluding tert-OH is 1. The van der Waals surface area contributed by atoms with E-state index >= 15 is 0 Å². The lowest BCUT2D eigenvalue weighted by Gasteiger charge is -2.22. The van der Waals surface area contributed by atoms with Crippen LogP contribution < -0.4 is 5.32 Å². The number of aliphatic hydroxyl groups is 2. The topological polar surface area (TPSA) is 118 Å². The quantitative estimate of drug-likeness (QED) is 0.522. The summed E-state index contributed by atoms with van der Waals surface area (Å²) in [6.07, 6.45) is 0.865. The van der Waals surface area contributed by atoms with Crippen molar-refractivity contribution in [2.75, 3.05) is 13.2 Å². The highest BCUT2D eigenvalue weighted by atomic mass is 16.3. The van der Waals surface area contributed by atoms with Crippen molar-refractivity contribution < 1.29 is 20.1 Å². The number of H-pyrrole nitrogens is 1. The van der Waals surface area contributed by atoms with Crippen molar-refractivity contribution in [3.8, 4) is 17.0 Å². The summed E-state index contributed by atoms with van der Waals surface area (Å²) in [5, 5.41) is 37.5. The number of benzene rings is 1. The zero-order chi connectivity index (χ0) is 16.9. The van der Waals surface area contributed by atoms with Crippen molar-refractivity contribution in [3.05, 3.63) is 36.0 Å². The molecule has 5 N–H and O–H groups in total. The summed E-state index contributed by atoms with van der Waals surface area (Å²) in [6, 6.07) is 8.09. The maximum Gasteiger partial charge on any atom is 0.269 e. The number of rotatable bonds is 7. The fourth-order valence-electron chi connectivity index (χ4n) is 2.13. The molecule has 0 saturated heterocycles. The number of phenols is 1. The first-order chi connectivity index (χ1) is 10.9. The highest BCUT2D eigenvalue weighted by Gasteiger charge is 2.21. The van der Waals surface area contributed by atoms with Gasteiger partial charge in [0.1, 0.15) is 11.4 Å². The maximum absolute atomic E-state index is 12.1. The molecule has 7 nitrogen and oxygen atoms in total. The van der Waals surface area contributed by atoms with Crippen molar-refractivity contribution in [2.45, 2.75) is 25.4 Å². The smallest absolute Gasteiger partial charge is 0.269 e. The van der Waals surface area contributed by atoms with Crippen LogP contribution in [0.3, 0.4) is 0 Å². The molecule has 0 fully saturated rings. The zero-order valence-corrected chi connectivity index (χ0v) is 12.9. The fourth-order valence-corrected chi connectivity index (χ4v) is 2.13. The van der Waals surface area contributed by atoms with Gasteiger partial charge in [-0.3, -0.25) is 9.89 Å². The number of carbonyl (C=O) groups is 1. The summed E-state index contributed by atoms with van der Waals surface area (Å²) < 4.78 is 0. The lowest BCUT2D eigenvalue weighted by molar-refractivity contribution is 0.0414. The molecule has 0 spiro atoms. The zero-order valence-electron chi connectivity index (χ0n) is 12.9. The number of carbonyl (C=O) groups excluding carboxylic acids is 1. The van der Waals surface area contributed by atoms with Crippen LogP contribution in [0.15, 0.2) is 30.3 Å². The summed E-state index contributed by atoms with van der Waals surface area (Å²) in [7, 11) is 0. The monoisotopic (exact) mass is 319 g/mol. The molecular weight excluding hydrogens is 298 g/mol. The summed E-state index contributed by atoms with van der Waals surface area (Å²) in [5.41, 5.74) is 0.569. The molecule has 0 aliphatic carbocycles. The SMILES string of the molecule is C[C@](O)(CCCO)CNC(=O)c1cc(-c2ccc(O)cc2)n[nH]1. The Bertz CT molecular complexity index is 650. The van der Waals surface area contributed by atoms with Gasteiger partial charge in [0.05, 0.1) is 11.3 Å². The minimum Gasteiger partial charge on any atom is -0.508 e. The molecule has 7 heteroatoms. The largest absolute Gasteiger partial charge is 0.508 e. The number of aromatic amines is 1. The van der Waals surface area contributed by atoms with Crippen LogP contribution in [0.25, 0.3) is 11.3 Å². The van der Waals surface area contributed by atoms with Crippen molar-refractivity contribution in [2.24, 2.45) is 0 Å². The van der Waals surface area contributed by atoms with Gasteiger partial charge < -0.3 is 20.6 Å². The van der Waals surface area contributed by atoms with Crippen LogP contribution in [-0.2, 0) is 0 Å². The fraction of sp³-hybridized carbons (Fsp3) is 0.375. The van der Waals surface area contributed by atoms with Crippen LogP contribution in [-0.4, -0.2) is 50.2 Å². The minimum atomic E-state index is -1.07. The highest BCUT2D eigenvalue weighted by molar-refractivity contribution is 5.93. The van der Waals surface area contributed by atoms with Gasteiger partial charge >= 0.3 is 0 Å². The number of hydrogen-bond acceptors (Lipinski definition) is 5. The second-order valence-electron chi connectivity index (χ2n) is 5.72. The van der Waals surface area contributed by atoms with Gasteiger partial charge in [0.2, 0.25) is 0 Å². The molecule has 0 radical (unpaired) electrons. The number of aromatic nitrogens is 2. The van der Waals surface area contributed by atoms with Gasteiger partial charge in [0.15, 0.2) is 0 Å². The van der Waals surface area contributed by atoms with E-state index in [1.54, 1.807) is 37.3 Å². The number of aromatic hydroxyl groups is 1.